The molecule has 2 heterocycles. The van der Waals surface area contributed by atoms with Crippen LogP contribution in [0.25, 0.3) is 0 Å². The maximum atomic E-state index is 5.32. The summed E-state index contributed by atoms with van der Waals surface area (Å²) < 4.78 is 5.32. The number of nitrogens with zero attached hydrogens (tertiary/aromatic N) is 4. The number of anilines is 2. The van der Waals surface area contributed by atoms with Gasteiger partial charge in [0.15, 0.2) is 0 Å². The van der Waals surface area contributed by atoms with Crippen molar-refractivity contribution in [1.29, 1.82) is 0 Å². The van der Waals surface area contributed by atoms with Gasteiger partial charge < -0.3 is 15.4 Å². The summed E-state index contributed by atoms with van der Waals surface area (Å²) in [6, 6.07) is 4.25. The van der Waals surface area contributed by atoms with Gasteiger partial charge in [0.2, 0.25) is 11.9 Å². The Morgan fingerprint density at radius 2 is 1.85 bits per heavy atom. The van der Waals surface area contributed by atoms with Gasteiger partial charge in [0.25, 0.3) is 0 Å². The maximum Gasteiger partial charge on any atom is 0.323 e. The van der Waals surface area contributed by atoms with Gasteiger partial charge in [-0.3, -0.25) is 4.98 Å². The smallest absolute Gasteiger partial charge is 0.323 e. The van der Waals surface area contributed by atoms with Crippen molar-refractivity contribution in [2.24, 2.45) is 0 Å². The minimum absolute atomic E-state index is 0.0552. The Morgan fingerprint density at radius 1 is 1.15 bits per heavy atom. The molecule has 2 aromatic heterocycles. The van der Waals surface area contributed by atoms with Gasteiger partial charge in [-0.1, -0.05) is 0 Å². The molecule has 1 unspecified atom stereocenters. The van der Waals surface area contributed by atoms with E-state index in [4.69, 9.17) is 4.74 Å². The van der Waals surface area contributed by atoms with Crippen LogP contribution in [0.5, 0.6) is 6.01 Å². The van der Waals surface area contributed by atoms with Gasteiger partial charge in [0, 0.05) is 19.4 Å². The third-order valence-corrected chi connectivity index (χ3v) is 2.66. The molecule has 0 aliphatic rings. The molecule has 0 amide bonds. The third-order valence-electron chi connectivity index (χ3n) is 2.66. The van der Waals surface area contributed by atoms with Gasteiger partial charge in [-0.25, -0.2) is 0 Å². The van der Waals surface area contributed by atoms with Gasteiger partial charge in [0.1, 0.15) is 0 Å². The van der Waals surface area contributed by atoms with Gasteiger partial charge in [-0.05, 0) is 31.5 Å². The number of pyridine rings is 1. The standard InChI is InChI=1S/C13H18N6O/c1-4-20-13-18-11(14-3)17-12(19-13)16-9(2)10-5-7-15-8-6-10/h5-9H,4H2,1-3H3,(H2,14,16,17,18,19). The summed E-state index contributed by atoms with van der Waals surface area (Å²) in [6.45, 7) is 4.42. The lowest BCUT2D eigenvalue weighted by Gasteiger charge is -2.14. The predicted octanol–water partition coefficient (Wildman–Crippen LogP) is 1.88. The zero-order valence-corrected chi connectivity index (χ0v) is 11.8. The molecule has 0 aliphatic carbocycles. The van der Waals surface area contributed by atoms with E-state index in [-0.39, 0.29) is 6.04 Å². The predicted molar refractivity (Wildman–Crippen MR) is 76.8 cm³/mol. The zero-order chi connectivity index (χ0) is 14.4. The summed E-state index contributed by atoms with van der Waals surface area (Å²) in [7, 11) is 1.75. The summed E-state index contributed by atoms with van der Waals surface area (Å²) in [5.74, 6) is 0.935. The molecule has 0 saturated carbocycles. The Hall–Kier alpha value is -2.44. The van der Waals surface area contributed by atoms with E-state index in [1.54, 1.807) is 19.4 Å². The normalized spacial score (nSPS) is 11.8. The Morgan fingerprint density at radius 3 is 2.50 bits per heavy atom. The fourth-order valence-electron chi connectivity index (χ4n) is 1.66. The molecule has 0 saturated heterocycles. The van der Waals surface area contributed by atoms with Crippen LogP contribution in [0.15, 0.2) is 24.5 Å². The average Bonchev–Trinajstić information content (AvgIpc) is 2.48. The molecule has 106 valence electrons. The van der Waals surface area contributed by atoms with Crippen LogP contribution in [0.4, 0.5) is 11.9 Å². The molecule has 0 radical (unpaired) electrons. The molecule has 7 heteroatoms. The minimum atomic E-state index is 0.0552. The topological polar surface area (TPSA) is 84.9 Å². The number of nitrogens with one attached hydrogen (secondary N) is 2. The van der Waals surface area contributed by atoms with E-state index in [0.29, 0.717) is 24.5 Å². The second-order valence-corrected chi connectivity index (χ2v) is 4.09. The first-order valence-corrected chi connectivity index (χ1v) is 6.46. The average molecular weight is 274 g/mol. The van der Waals surface area contributed by atoms with Gasteiger partial charge >= 0.3 is 6.01 Å². The highest BCUT2D eigenvalue weighted by molar-refractivity contribution is 5.37. The van der Waals surface area contributed by atoms with Crippen LogP contribution in [-0.4, -0.2) is 33.6 Å². The number of rotatable bonds is 6. The highest BCUT2D eigenvalue weighted by Crippen LogP contribution is 2.18. The fourth-order valence-corrected chi connectivity index (χ4v) is 1.66. The van der Waals surface area contributed by atoms with Crippen LogP contribution in [0, 0.1) is 0 Å². The van der Waals surface area contributed by atoms with E-state index >= 15 is 0 Å². The molecule has 20 heavy (non-hydrogen) atoms. The molecule has 2 aromatic rings. The number of hydrogen-bond donors (Lipinski definition) is 2. The Labute approximate surface area is 117 Å². The second kappa shape index (κ2) is 6.65. The molecule has 0 spiro atoms. The maximum absolute atomic E-state index is 5.32. The van der Waals surface area contributed by atoms with Crippen molar-refractivity contribution in [3.05, 3.63) is 30.1 Å². The SMILES string of the molecule is CCOc1nc(NC)nc(NC(C)c2ccncc2)n1. The molecule has 0 aliphatic heterocycles. The first kappa shape index (κ1) is 14.0. The first-order chi connectivity index (χ1) is 9.72. The van der Waals surface area contributed by atoms with Crippen molar-refractivity contribution >= 4 is 11.9 Å². The van der Waals surface area contributed by atoms with Crippen molar-refractivity contribution in [3.8, 4) is 6.01 Å². The van der Waals surface area contributed by atoms with E-state index in [9.17, 15) is 0 Å². The Bertz CT molecular complexity index is 548. The molecular formula is C13H18N6O. The first-order valence-electron chi connectivity index (χ1n) is 6.46. The molecule has 2 N–H and O–H groups in total. The van der Waals surface area contributed by atoms with Crippen molar-refractivity contribution < 1.29 is 4.74 Å². The van der Waals surface area contributed by atoms with Gasteiger partial charge in [-0.2, -0.15) is 15.0 Å². The van der Waals surface area contributed by atoms with E-state index in [1.807, 2.05) is 26.0 Å². The fraction of sp³-hybridized carbons (Fsp3) is 0.385. The van der Waals surface area contributed by atoms with Crippen molar-refractivity contribution in [2.75, 3.05) is 24.3 Å². The molecule has 2 rings (SSSR count). The quantitative estimate of drug-likeness (QED) is 0.831. The van der Waals surface area contributed by atoms with E-state index in [2.05, 4.69) is 30.6 Å². The lowest BCUT2D eigenvalue weighted by Crippen LogP contribution is -2.12. The van der Waals surface area contributed by atoms with Crippen LogP contribution in [-0.2, 0) is 0 Å². The number of hydrogen-bond acceptors (Lipinski definition) is 7. The van der Waals surface area contributed by atoms with E-state index in [1.165, 1.54) is 0 Å². The summed E-state index contributed by atoms with van der Waals surface area (Å²) in [6.07, 6.45) is 3.51. The Balaban J connectivity index is 2.17. The molecule has 0 bridgehead atoms. The minimum Gasteiger partial charge on any atom is -0.464 e. The van der Waals surface area contributed by atoms with Crippen molar-refractivity contribution in [3.63, 3.8) is 0 Å². The summed E-state index contributed by atoms with van der Waals surface area (Å²) in [4.78, 5) is 16.6. The Kier molecular flexibility index (Phi) is 4.65. The largest absolute Gasteiger partial charge is 0.464 e. The van der Waals surface area contributed by atoms with Crippen LogP contribution in [0.3, 0.4) is 0 Å². The lowest BCUT2D eigenvalue weighted by atomic mass is 10.1. The van der Waals surface area contributed by atoms with Gasteiger partial charge in [0.05, 0.1) is 12.6 Å². The summed E-state index contributed by atoms with van der Waals surface area (Å²) in [5.41, 5.74) is 1.10. The third kappa shape index (κ3) is 3.53. The molecule has 0 aromatic carbocycles. The lowest BCUT2D eigenvalue weighted by molar-refractivity contribution is 0.312. The van der Waals surface area contributed by atoms with Gasteiger partial charge in [-0.15, -0.1) is 0 Å². The molecule has 7 nitrogen and oxygen atoms in total. The summed E-state index contributed by atoms with van der Waals surface area (Å²) >= 11 is 0. The van der Waals surface area contributed by atoms with Crippen LogP contribution >= 0.6 is 0 Å². The van der Waals surface area contributed by atoms with E-state index in [0.717, 1.165) is 5.56 Å². The zero-order valence-electron chi connectivity index (χ0n) is 11.8. The van der Waals surface area contributed by atoms with Crippen molar-refractivity contribution in [2.45, 2.75) is 19.9 Å². The van der Waals surface area contributed by atoms with Crippen LogP contribution in [0.1, 0.15) is 25.5 Å². The number of aromatic nitrogens is 4. The summed E-state index contributed by atoms with van der Waals surface area (Å²) in [5, 5.41) is 6.11. The van der Waals surface area contributed by atoms with E-state index < -0.39 is 0 Å². The molecular weight excluding hydrogens is 256 g/mol. The monoisotopic (exact) mass is 274 g/mol. The molecule has 1 atom stereocenters. The highest BCUT2D eigenvalue weighted by atomic mass is 16.5. The second-order valence-electron chi connectivity index (χ2n) is 4.09. The number of ether oxygens (including phenoxy) is 1. The highest BCUT2D eigenvalue weighted by Gasteiger charge is 2.10. The molecule has 0 fully saturated rings. The van der Waals surface area contributed by atoms with Crippen molar-refractivity contribution in [1.82, 2.24) is 19.9 Å². The van der Waals surface area contributed by atoms with Crippen LogP contribution < -0.4 is 15.4 Å². The van der Waals surface area contributed by atoms with Crippen LogP contribution in [0.2, 0.25) is 0 Å².